The molecular weight excluding hydrogens is 160 g/mol. The lowest BCUT2D eigenvalue weighted by Crippen LogP contribution is -1.89. The molecule has 1 aliphatic carbocycles. The number of allylic oxidation sites excluding steroid dienone is 2. The van der Waals surface area contributed by atoms with Crippen molar-refractivity contribution in [1.29, 1.82) is 0 Å². The maximum absolute atomic E-state index is 10.5. The Bertz CT molecular complexity index is 227. The zero-order valence-electron chi connectivity index (χ0n) is 4.80. The largest absolute Gasteiger partial charge is 0.257 e. The Morgan fingerprint density at radius 1 is 1.56 bits per heavy atom. The summed E-state index contributed by atoms with van der Waals surface area (Å²) in [5, 5.41) is 0. The second kappa shape index (κ2) is 2.31. The lowest BCUT2D eigenvalue weighted by Gasteiger charge is -1.90. The fourth-order valence-corrected chi connectivity index (χ4v) is 1.99. The minimum Gasteiger partial charge on any atom is -0.207 e. The normalized spacial score (nSPS) is 19.9. The number of hydrogen-bond donors (Lipinski definition) is 0. The Morgan fingerprint density at radius 3 is 2.44 bits per heavy atom. The van der Waals surface area contributed by atoms with Gasteiger partial charge in [-0.15, -0.1) is 0 Å². The second-order valence-corrected chi connectivity index (χ2v) is 4.62. The van der Waals surface area contributed by atoms with Crippen LogP contribution in [0.15, 0.2) is 11.0 Å². The van der Waals surface area contributed by atoms with E-state index in [0.717, 1.165) is 12.8 Å². The van der Waals surface area contributed by atoms with Crippen molar-refractivity contribution in [3.8, 4) is 0 Å². The molecule has 1 aliphatic rings. The maximum Gasteiger partial charge on any atom is 0.257 e. The Morgan fingerprint density at radius 2 is 2.22 bits per heavy atom. The van der Waals surface area contributed by atoms with Crippen LogP contribution in [0.2, 0.25) is 0 Å². The van der Waals surface area contributed by atoms with Crippen LogP contribution in [-0.4, -0.2) is 8.42 Å². The summed E-state index contributed by atoms with van der Waals surface area (Å²) < 4.78 is 21.1. The number of rotatable bonds is 1. The molecular formula is C5H7ClO2S. The molecule has 0 bridgehead atoms. The van der Waals surface area contributed by atoms with Gasteiger partial charge in [0.1, 0.15) is 0 Å². The van der Waals surface area contributed by atoms with Crippen LogP contribution in [0.4, 0.5) is 0 Å². The Kier molecular flexibility index (Phi) is 1.82. The summed E-state index contributed by atoms with van der Waals surface area (Å²) in [4.78, 5) is 0.393. The Balaban J connectivity index is 2.87. The zero-order chi connectivity index (χ0) is 6.91. The minimum atomic E-state index is -3.37. The van der Waals surface area contributed by atoms with Crippen LogP contribution in [0.1, 0.15) is 19.3 Å². The smallest absolute Gasteiger partial charge is 0.207 e. The first-order valence-electron chi connectivity index (χ1n) is 2.74. The molecule has 2 nitrogen and oxygen atoms in total. The van der Waals surface area contributed by atoms with Crippen LogP contribution in [0, 0.1) is 0 Å². The summed E-state index contributed by atoms with van der Waals surface area (Å²) >= 11 is 0. The lowest BCUT2D eigenvalue weighted by molar-refractivity contribution is 0.613. The molecule has 0 unspecified atom stereocenters. The average Bonchev–Trinajstić information content (AvgIpc) is 2.08. The first-order valence-corrected chi connectivity index (χ1v) is 5.05. The first kappa shape index (κ1) is 7.09. The summed E-state index contributed by atoms with van der Waals surface area (Å²) in [5.74, 6) is 0. The SMILES string of the molecule is O=S(=O)(Cl)C1=CCCC1. The van der Waals surface area contributed by atoms with Crippen LogP contribution in [-0.2, 0) is 9.05 Å². The molecule has 4 heteroatoms. The van der Waals surface area contributed by atoms with Crippen molar-refractivity contribution >= 4 is 19.7 Å². The predicted molar refractivity (Wildman–Crippen MR) is 36.7 cm³/mol. The molecule has 0 aromatic rings. The highest BCUT2D eigenvalue weighted by Crippen LogP contribution is 2.25. The molecule has 0 amide bonds. The van der Waals surface area contributed by atoms with Gasteiger partial charge in [0.15, 0.2) is 0 Å². The number of hydrogen-bond acceptors (Lipinski definition) is 2. The van der Waals surface area contributed by atoms with Crippen molar-refractivity contribution in [3.63, 3.8) is 0 Å². The molecule has 1 rings (SSSR count). The fraction of sp³-hybridized carbons (Fsp3) is 0.600. The summed E-state index contributed by atoms with van der Waals surface area (Å²) in [6.45, 7) is 0. The van der Waals surface area contributed by atoms with Crippen molar-refractivity contribution < 1.29 is 8.42 Å². The third kappa shape index (κ3) is 1.69. The topological polar surface area (TPSA) is 34.1 Å². The van der Waals surface area contributed by atoms with Gasteiger partial charge in [0, 0.05) is 10.7 Å². The van der Waals surface area contributed by atoms with Gasteiger partial charge >= 0.3 is 0 Å². The molecule has 0 heterocycles. The second-order valence-electron chi connectivity index (χ2n) is 2.00. The molecule has 0 spiro atoms. The van der Waals surface area contributed by atoms with Crippen LogP contribution in [0.5, 0.6) is 0 Å². The molecule has 0 N–H and O–H groups in total. The van der Waals surface area contributed by atoms with Crippen molar-refractivity contribution in [2.45, 2.75) is 19.3 Å². The summed E-state index contributed by atoms with van der Waals surface area (Å²) in [5.41, 5.74) is 0. The van der Waals surface area contributed by atoms with Crippen molar-refractivity contribution in [2.24, 2.45) is 0 Å². The van der Waals surface area contributed by atoms with Crippen LogP contribution >= 0.6 is 10.7 Å². The van der Waals surface area contributed by atoms with Gasteiger partial charge in [-0.05, 0) is 19.3 Å². The van der Waals surface area contributed by atoms with Gasteiger partial charge in [-0.3, -0.25) is 0 Å². The molecule has 0 radical (unpaired) electrons. The highest BCUT2D eigenvalue weighted by atomic mass is 35.7. The standard InChI is InChI=1S/C5H7ClO2S/c6-9(7,8)5-3-1-2-4-5/h3H,1-2,4H2. The predicted octanol–water partition coefficient (Wildman–Crippen LogP) is 1.62. The molecule has 0 saturated carbocycles. The van der Waals surface area contributed by atoms with E-state index in [1.165, 1.54) is 0 Å². The van der Waals surface area contributed by atoms with Gasteiger partial charge < -0.3 is 0 Å². The van der Waals surface area contributed by atoms with Crippen molar-refractivity contribution in [3.05, 3.63) is 11.0 Å². The maximum atomic E-state index is 10.5. The van der Waals surface area contributed by atoms with Crippen LogP contribution in [0.25, 0.3) is 0 Å². The van der Waals surface area contributed by atoms with Gasteiger partial charge in [-0.2, -0.15) is 0 Å². The molecule has 9 heavy (non-hydrogen) atoms. The van der Waals surface area contributed by atoms with Gasteiger partial charge in [0.2, 0.25) is 0 Å². The van der Waals surface area contributed by atoms with Gasteiger partial charge in [-0.1, -0.05) is 6.08 Å². The molecule has 52 valence electrons. The van der Waals surface area contributed by atoms with E-state index in [9.17, 15) is 8.42 Å². The lowest BCUT2D eigenvalue weighted by atomic mass is 10.4. The van der Waals surface area contributed by atoms with Crippen molar-refractivity contribution in [2.75, 3.05) is 0 Å². The summed E-state index contributed by atoms with van der Waals surface area (Å²) in [6, 6.07) is 0. The molecule has 0 saturated heterocycles. The van der Waals surface area contributed by atoms with Gasteiger partial charge in [0.25, 0.3) is 9.05 Å². The third-order valence-corrected chi connectivity index (χ3v) is 2.90. The van der Waals surface area contributed by atoms with E-state index < -0.39 is 9.05 Å². The van der Waals surface area contributed by atoms with E-state index in [0.29, 0.717) is 11.3 Å². The molecule has 0 atom stereocenters. The molecule has 0 aromatic heterocycles. The summed E-state index contributed by atoms with van der Waals surface area (Å²) in [6.07, 6.45) is 4.07. The molecule has 0 aromatic carbocycles. The zero-order valence-corrected chi connectivity index (χ0v) is 6.37. The van der Waals surface area contributed by atoms with Crippen LogP contribution < -0.4 is 0 Å². The molecule has 0 fully saturated rings. The van der Waals surface area contributed by atoms with E-state index in [-0.39, 0.29) is 0 Å². The Hall–Kier alpha value is -0.0200. The van der Waals surface area contributed by atoms with Crippen molar-refractivity contribution in [1.82, 2.24) is 0 Å². The van der Waals surface area contributed by atoms with Crippen LogP contribution in [0.3, 0.4) is 0 Å². The van der Waals surface area contributed by atoms with E-state index >= 15 is 0 Å². The van der Waals surface area contributed by atoms with Gasteiger partial charge in [0.05, 0.1) is 4.91 Å². The first-order chi connectivity index (χ1) is 4.11. The van der Waals surface area contributed by atoms with E-state index in [1.54, 1.807) is 6.08 Å². The van der Waals surface area contributed by atoms with E-state index in [2.05, 4.69) is 0 Å². The Labute approximate surface area is 58.9 Å². The monoisotopic (exact) mass is 166 g/mol. The van der Waals surface area contributed by atoms with Gasteiger partial charge in [-0.25, -0.2) is 8.42 Å². The quantitative estimate of drug-likeness (QED) is 0.555. The highest BCUT2D eigenvalue weighted by molar-refractivity contribution is 8.16. The summed E-state index contributed by atoms with van der Waals surface area (Å²) in [7, 11) is 1.67. The van der Waals surface area contributed by atoms with E-state index in [4.69, 9.17) is 10.7 Å². The number of halogens is 1. The fourth-order valence-electron chi connectivity index (χ4n) is 0.863. The average molecular weight is 167 g/mol. The highest BCUT2D eigenvalue weighted by Gasteiger charge is 2.16. The minimum absolute atomic E-state index is 0.393. The third-order valence-electron chi connectivity index (χ3n) is 1.31. The van der Waals surface area contributed by atoms with E-state index in [1.807, 2.05) is 0 Å². The molecule has 0 aliphatic heterocycles.